The third-order valence-corrected chi connectivity index (χ3v) is 12.9. The van der Waals surface area contributed by atoms with Crippen LogP contribution in [0, 0.1) is 29.3 Å². The summed E-state index contributed by atoms with van der Waals surface area (Å²) in [5.41, 5.74) is 0.465. The maximum atomic E-state index is 14.9. The highest BCUT2D eigenvalue weighted by Crippen LogP contribution is 2.37. The summed E-state index contributed by atoms with van der Waals surface area (Å²) in [6.45, 7) is 10.6. The molecule has 1 fully saturated rings. The van der Waals surface area contributed by atoms with Crippen LogP contribution in [0.1, 0.15) is 49.8 Å². The highest BCUT2D eigenvalue weighted by atomic mass is 28.4. The smallest absolute Gasteiger partial charge is 0.407 e. The van der Waals surface area contributed by atoms with Crippen LogP contribution in [0.5, 0.6) is 0 Å². The second kappa shape index (κ2) is 14.4. The summed E-state index contributed by atoms with van der Waals surface area (Å²) in [4.78, 5) is 34.1. The van der Waals surface area contributed by atoms with Gasteiger partial charge in [-0.15, -0.1) is 0 Å². The predicted molar refractivity (Wildman–Crippen MR) is 168 cm³/mol. The van der Waals surface area contributed by atoms with Gasteiger partial charge in [-0.3, -0.25) is 19.7 Å². The van der Waals surface area contributed by atoms with Crippen molar-refractivity contribution in [1.29, 1.82) is 0 Å². The number of ether oxygens (including phenoxy) is 1. The lowest BCUT2D eigenvalue weighted by Gasteiger charge is -2.41. The Labute approximate surface area is 267 Å². The van der Waals surface area contributed by atoms with Crippen LogP contribution in [0.3, 0.4) is 0 Å². The lowest BCUT2D eigenvalue weighted by atomic mass is 9.88. The molecular weight excluding hydrogens is 617 g/mol. The van der Waals surface area contributed by atoms with E-state index in [0.29, 0.717) is 5.56 Å². The number of hydrogen-bond acceptors (Lipinski definition) is 6. The van der Waals surface area contributed by atoms with E-state index in [4.69, 9.17) is 9.16 Å². The lowest BCUT2D eigenvalue weighted by molar-refractivity contribution is -0.116. The SMILES string of the molecule is CC(C)(C)[Si](C)(C)OCC1COC(C#Cc2c(F)cncc2NC(=O)CC(c2ccc(F)cc2)c2ccncc2F)CN1C(=O)O. The van der Waals surface area contributed by atoms with Crippen LogP contribution >= 0.6 is 0 Å². The van der Waals surface area contributed by atoms with E-state index in [1.807, 2.05) is 0 Å². The van der Waals surface area contributed by atoms with Crippen LogP contribution in [0.4, 0.5) is 23.7 Å². The fourth-order valence-electron chi connectivity index (χ4n) is 4.65. The highest BCUT2D eigenvalue weighted by Gasteiger charge is 2.39. The van der Waals surface area contributed by atoms with Crippen molar-refractivity contribution in [2.45, 2.75) is 63.4 Å². The van der Waals surface area contributed by atoms with Gasteiger partial charge in [-0.05, 0) is 47.5 Å². The minimum Gasteiger partial charge on any atom is -0.465 e. The first-order chi connectivity index (χ1) is 21.7. The van der Waals surface area contributed by atoms with Crippen LogP contribution in [-0.4, -0.2) is 72.2 Å². The Bertz CT molecular complexity index is 1620. The molecule has 3 unspecified atom stereocenters. The van der Waals surface area contributed by atoms with Crippen LogP contribution in [0.2, 0.25) is 18.1 Å². The number of carbonyl (C=O) groups excluding carboxylic acids is 1. The van der Waals surface area contributed by atoms with Crippen molar-refractivity contribution in [3.63, 3.8) is 0 Å². The van der Waals surface area contributed by atoms with Crippen LogP contribution in [0.25, 0.3) is 0 Å². The van der Waals surface area contributed by atoms with Crippen molar-refractivity contribution in [1.82, 2.24) is 14.9 Å². The van der Waals surface area contributed by atoms with Gasteiger partial charge in [-0.2, -0.15) is 0 Å². The summed E-state index contributed by atoms with van der Waals surface area (Å²) >= 11 is 0. The van der Waals surface area contributed by atoms with Gasteiger partial charge in [0, 0.05) is 18.5 Å². The molecule has 3 heterocycles. The Hall–Kier alpha value is -4.25. The summed E-state index contributed by atoms with van der Waals surface area (Å²) in [6, 6.07) is 6.26. The van der Waals surface area contributed by atoms with E-state index in [1.54, 1.807) is 0 Å². The average Bonchev–Trinajstić information content (AvgIpc) is 2.99. The molecular formula is C33H37F3N4O5Si. The minimum atomic E-state index is -2.13. The monoisotopic (exact) mass is 654 g/mol. The molecule has 0 saturated carbocycles. The third-order valence-electron chi connectivity index (χ3n) is 8.35. The largest absolute Gasteiger partial charge is 0.465 e. The number of carbonyl (C=O) groups is 2. The van der Waals surface area contributed by atoms with Crippen LogP contribution < -0.4 is 5.32 Å². The number of morpholine rings is 1. The van der Waals surface area contributed by atoms with E-state index in [2.05, 4.69) is 61.0 Å². The maximum Gasteiger partial charge on any atom is 0.407 e. The number of aromatic nitrogens is 2. The van der Waals surface area contributed by atoms with Gasteiger partial charge < -0.3 is 19.6 Å². The van der Waals surface area contributed by atoms with Gasteiger partial charge in [0.05, 0.1) is 55.6 Å². The van der Waals surface area contributed by atoms with Gasteiger partial charge in [0.15, 0.2) is 14.1 Å². The zero-order valence-corrected chi connectivity index (χ0v) is 27.3. The first-order valence-corrected chi connectivity index (χ1v) is 17.6. The highest BCUT2D eigenvalue weighted by molar-refractivity contribution is 6.74. The molecule has 0 radical (unpaired) electrons. The minimum absolute atomic E-state index is 0.0305. The van der Waals surface area contributed by atoms with Gasteiger partial charge in [-0.1, -0.05) is 44.7 Å². The van der Waals surface area contributed by atoms with E-state index >= 15 is 0 Å². The van der Waals surface area contributed by atoms with Gasteiger partial charge in [0.2, 0.25) is 5.91 Å². The molecule has 2 N–H and O–H groups in total. The molecule has 2 aromatic heterocycles. The molecule has 0 aliphatic carbocycles. The Kier molecular flexibility index (Phi) is 10.9. The molecule has 1 aliphatic rings. The molecule has 9 nitrogen and oxygen atoms in total. The molecule has 46 heavy (non-hydrogen) atoms. The number of nitrogens with zero attached hydrogens (tertiary/aromatic N) is 3. The predicted octanol–water partition coefficient (Wildman–Crippen LogP) is 6.18. The molecule has 0 spiro atoms. The fourth-order valence-corrected chi connectivity index (χ4v) is 5.69. The Morgan fingerprint density at radius 3 is 2.46 bits per heavy atom. The Morgan fingerprint density at radius 1 is 1.11 bits per heavy atom. The van der Waals surface area contributed by atoms with E-state index in [-0.39, 0.29) is 48.0 Å². The molecule has 13 heteroatoms. The lowest BCUT2D eigenvalue weighted by Crippen LogP contribution is -2.55. The van der Waals surface area contributed by atoms with E-state index in [1.165, 1.54) is 47.6 Å². The topological polar surface area (TPSA) is 114 Å². The van der Waals surface area contributed by atoms with Crippen molar-refractivity contribution >= 4 is 26.0 Å². The zero-order valence-electron chi connectivity index (χ0n) is 26.3. The molecule has 4 rings (SSSR count). The van der Waals surface area contributed by atoms with Gasteiger partial charge in [0.1, 0.15) is 17.7 Å². The maximum absolute atomic E-state index is 14.9. The van der Waals surface area contributed by atoms with Gasteiger partial charge >= 0.3 is 6.09 Å². The van der Waals surface area contributed by atoms with Gasteiger partial charge in [0.25, 0.3) is 0 Å². The summed E-state index contributed by atoms with van der Waals surface area (Å²) in [5, 5.41) is 12.4. The standard InChI is InChI=1S/C33H37F3N4O5Si/c1-33(2,3)46(4,5)45-20-23-19-44-24(18-40(23)32(42)43)10-11-26-29(36)16-38-17-30(26)39-31(41)14-27(21-6-8-22(34)9-7-21)25-12-13-37-15-28(25)35/h6-9,12-13,15-17,23-24,27H,14,18-20H2,1-5H3,(H,39,41)(H,42,43). The number of nitrogens with one attached hydrogen (secondary N) is 1. The van der Waals surface area contributed by atoms with Crippen LogP contribution in [-0.2, 0) is 14.0 Å². The van der Waals surface area contributed by atoms with Crippen molar-refractivity contribution in [3.8, 4) is 11.8 Å². The summed E-state index contributed by atoms with van der Waals surface area (Å²) in [5.74, 6) is 2.12. The second-order valence-electron chi connectivity index (χ2n) is 12.5. The van der Waals surface area contributed by atoms with Crippen molar-refractivity contribution in [2.24, 2.45) is 0 Å². The number of benzene rings is 1. The Morgan fingerprint density at radius 2 is 1.80 bits per heavy atom. The molecule has 3 aromatic rings. The van der Waals surface area contributed by atoms with Crippen molar-refractivity contribution < 1.29 is 37.0 Å². The molecule has 1 saturated heterocycles. The number of hydrogen-bond donors (Lipinski definition) is 2. The van der Waals surface area contributed by atoms with Crippen molar-refractivity contribution in [3.05, 3.63) is 89.3 Å². The van der Waals surface area contributed by atoms with Crippen molar-refractivity contribution in [2.75, 3.05) is 25.1 Å². The number of halogens is 3. The number of anilines is 1. The molecule has 1 aromatic carbocycles. The summed E-state index contributed by atoms with van der Waals surface area (Å²) < 4.78 is 55.3. The number of rotatable bonds is 8. The summed E-state index contributed by atoms with van der Waals surface area (Å²) in [6.07, 6.45) is 2.29. The zero-order chi connectivity index (χ0) is 33.6. The van der Waals surface area contributed by atoms with E-state index in [9.17, 15) is 27.9 Å². The molecule has 1 aliphatic heterocycles. The normalized spacial score (nSPS) is 17.5. The average molecular weight is 655 g/mol. The number of pyridine rings is 2. The number of amides is 2. The second-order valence-corrected chi connectivity index (χ2v) is 17.4. The quantitative estimate of drug-likeness (QED) is 0.221. The molecule has 2 amide bonds. The first kappa shape index (κ1) is 34.6. The third kappa shape index (κ3) is 8.51. The Balaban J connectivity index is 1.50. The molecule has 0 bridgehead atoms. The fraction of sp³-hybridized carbons (Fsp3) is 0.394. The van der Waals surface area contributed by atoms with Gasteiger partial charge in [-0.25, -0.2) is 18.0 Å². The van der Waals surface area contributed by atoms with E-state index in [0.717, 1.165) is 12.4 Å². The first-order valence-electron chi connectivity index (χ1n) is 14.7. The molecule has 244 valence electrons. The van der Waals surface area contributed by atoms with E-state index < -0.39 is 55.8 Å². The number of carboxylic acid groups (broad SMARTS) is 1. The van der Waals surface area contributed by atoms with Crippen LogP contribution in [0.15, 0.2) is 55.1 Å². The summed E-state index contributed by atoms with van der Waals surface area (Å²) in [7, 11) is -2.13. The molecule has 3 atom stereocenters.